The van der Waals surface area contributed by atoms with E-state index in [-0.39, 0.29) is 11.8 Å². The highest BCUT2D eigenvalue weighted by Gasteiger charge is 2.33. The number of ether oxygens (including phenoxy) is 1. The predicted octanol–water partition coefficient (Wildman–Crippen LogP) is 3.59. The van der Waals surface area contributed by atoms with Gasteiger partial charge in [-0.2, -0.15) is 13.2 Å². The summed E-state index contributed by atoms with van der Waals surface area (Å²) < 4.78 is 43.2. The van der Waals surface area contributed by atoms with Crippen molar-refractivity contribution in [2.75, 3.05) is 18.5 Å². The second-order valence-corrected chi connectivity index (χ2v) is 4.86. The van der Waals surface area contributed by atoms with E-state index in [4.69, 9.17) is 4.74 Å². The molecule has 116 valence electrons. The minimum atomic E-state index is -4.60. The maximum absolute atomic E-state index is 12.6. The van der Waals surface area contributed by atoms with Gasteiger partial charge in [0.1, 0.15) is 5.69 Å². The van der Waals surface area contributed by atoms with Crippen LogP contribution in [0.15, 0.2) is 18.2 Å². The third kappa shape index (κ3) is 4.07. The first-order chi connectivity index (χ1) is 9.88. The van der Waals surface area contributed by atoms with E-state index in [1.54, 1.807) is 0 Å². The summed E-state index contributed by atoms with van der Waals surface area (Å²) in [4.78, 5) is 10.1. The van der Waals surface area contributed by atoms with Gasteiger partial charge in [-0.05, 0) is 31.4 Å². The molecule has 2 rings (SSSR count). The molecule has 1 aliphatic rings. The highest BCUT2D eigenvalue weighted by atomic mass is 19.4. The van der Waals surface area contributed by atoms with Crippen molar-refractivity contribution >= 4 is 11.4 Å². The number of benzene rings is 1. The normalized spacial score (nSPS) is 19.3. The molecule has 1 fully saturated rings. The number of alkyl halides is 3. The molecule has 0 saturated carbocycles. The Balaban J connectivity index is 2.12. The number of hydrogen-bond acceptors (Lipinski definition) is 4. The van der Waals surface area contributed by atoms with Gasteiger partial charge >= 0.3 is 6.18 Å². The molecule has 0 spiro atoms. The topological polar surface area (TPSA) is 64.4 Å². The molecule has 8 heteroatoms. The van der Waals surface area contributed by atoms with E-state index >= 15 is 0 Å². The quantitative estimate of drug-likeness (QED) is 0.682. The number of rotatable bonds is 4. The van der Waals surface area contributed by atoms with Crippen LogP contribution < -0.4 is 5.32 Å². The lowest BCUT2D eigenvalue weighted by Gasteiger charge is -2.23. The lowest BCUT2D eigenvalue weighted by Crippen LogP contribution is -2.27. The number of nitrogens with one attached hydrogen (secondary N) is 1. The van der Waals surface area contributed by atoms with E-state index in [9.17, 15) is 23.3 Å². The van der Waals surface area contributed by atoms with Crippen molar-refractivity contribution < 1.29 is 22.8 Å². The van der Waals surface area contributed by atoms with E-state index in [0.29, 0.717) is 19.2 Å². The fourth-order valence-corrected chi connectivity index (χ4v) is 2.20. The van der Waals surface area contributed by atoms with Gasteiger partial charge in [0, 0.05) is 19.2 Å². The third-order valence-electron chi connectivity index (χ3n) is 3.32. The van der Waals surface area contributed by atoms with E-state index in [1.165, 1.54) is 0 Å². The van der Waals surface area contributed by atoms with E-state index in [0.717, 1.165) is 31.4 Å². The lowest BCUT2D eigenvalue weighted by atomic mass is 10.1. The molecule has 0 radical (unpaired) electrons. The van der Waals surface area contributed by atoms with Gasteiger partial charge in [0.25, 0.3) is 5.69 Å². The van der Waals surface area contributed by atoms with Crippen LogP contribution in [0.1, 0.15) is 24.8 Å². The van der Waals surface area contributed by atoms with Crippen molar-refractivity contribution in [3.8, 4) is 0 Å². The summed E-state index contributed by atoms with van der Waals surface area (Å²) in [6.07, 6.45) is -1.84. The van der Waals surface area contributed by atoms with Gasteiger partial charge in [0.05, 0.1) is 16.6 Å². The van der Waals surface area contributed by atoms with Gasteiger partial charge in [-0.1, -0.05) is 0 Å². The molecule has 5 nitrogen and oxygen atoms in total. The molecule has 0 aliphatic carbocycles. The zero-order chi connectivity index (χ0) is 15.5. The van der Waals surface area contributed by atoms with Gasteiger partial charge in [-0.15, -0.1) is 0 Å². The van der Waals surface area contributed by atoms with Crippen LogP contribution in [0.25, 0.3) is 0 Å². The van der Waals surface area contributed by atoms with Gasteiger partial charge in [0.15, 0.2) is 0 Å². The number of nitro groups is 1. The Morgan fingerprint density at radius 1 is 1.38 bits per heavy atom. The SMILES string of the molecule is O=[N+]([O-])c1cc(C(F)(F)F)ccc1NCC1CCCCO1. The average molecular weight is 304 g/mol. The van der Waals surface area contributed by atoms with Crippen LogP contribution in [-0.2, 0) is 10.9 Å². The first-order valence-corrected chi connectivity index (χ1v) is 6.59. The minimum absolute atomic E-state index is 0.0688. The Morgan fingerprint density at radius 3 is 2.71 bits per heavy atom. The Morgan fingerprint density at radius 2 is 2.14 bits per heavy atom. The predicted molar refractivity (Wildman–Crippen MR) is 70.2 cm³/mol. The van der Waals surface area contributed by atoms with Gasteiger partial charge < -0.3 is 10.1 Å². The standard InChI is InChI=1S/C13H15F3N2O3/c14-13(15,16)9-4-5-11(12(7-9)18(19)20)17-8-10-3-1-2-6-21-10/h4-5,7,10,17H,1-3,6,8H2. The summed E-state index contributed by atoms with van der Waals surface area (Å²) in [6, 6.07) is 2.46. The van der Waals surface area contributed by atoms with Crippen molar-refractivity contribution in [3.63, 3.8) is 0 Å². The molecule has 1 atom stereocenters. The Labute approximate surface area is 119 Å². The molecule has 1 heterocycles. The zero-order valence-corrected chi connectivity index (χ0v) is 11.2. The largest absolute Gasteiger partial charge is 0.416 e. The van der Waals surface area contributed by atoms with Crippen LogP contribution in [0.3, 0.4) is 0 Å². The summed E-state index contributed by atoms with van der Waals surface area (Å²) in [7, 11) is 0. The smallest absolute Gasteiger partial charge is 0.377 e. The van der Waals surface area contributed by atoms with E-state index in [1.807, 2.05) is 0 Å². The van der Waals surface area contributed by atoms with Crippen molar-refractivity contribution in [1.29, 1.82) is 0 Å². The number of hydrogen-bond donors (Lipinski definition) is 1. The minimum Gasteiger partial charge on any atom is -0.377 e. The fourth-order valence-electron chi connectivity index (χ4n) is 2.20. The fraction of sp³-hybridized carbons (Fsp3) is 0.538. The second-order valence-electron chi connectivity index (χ2n) is 4.86. The molecule has 1 saturated heterocycles. The number of halogens is 3. The molecule has 1 N–H and O–H groups in total. The number of nitrogens with zero attached hydrogens (tertiary/aromatic N) is 1. The molecule has 21 heavy (non-hydrogen) atoms. The molecule has 0 bridgehead atoms. The maximum Gasteiger partial charge on any atom is 0.416 e. The highest BCUT2D eigenvalue weighted by Crippen LogP contribution is 2.35. The van der Waals surface area contributed by atoms with E-state index in [2.05, 4.69) is 5.32 Å². The monoisotopic (exact) mass is 304 g/mol. The number of anilines is 1. The summed E-state index contributed by atoms with van der Waals surface area (Å²) in [6.45, 7) is 0.980. The Hall–Kier alpha value is -1.83. The van der Waals surface area contributed by atoms with Crippen LogP contribution in [0.4, 0.5) is 24.5 Å². The van der Waals surface area contributed by atoms with Crippen LogP contribution in [0.5, 0.6) is 0 Å². The van der Waals surface area contributed by atoms with Crippen LogP contribution >= 0.6 is 0 Å². The molecular weight excluding hydrogens is 289 g/mol. The maximum atomic E-state index is 12.6. The third-order valence-corrected chi connectivity index (χ3v) is 3.32. The van der Waals surface area contributed by atoms with E-state index < -0.39 is 22.4 Å². The molecule has 1 aliphatic heterocycles. The summed E-state index contributed by atoms with van der Waals surface area (Å²) in [5.74, 6) is 0. The lowest BCUT2D eigenvalue weighted by molar-refractivity contribution is -0.384. The van der Waals surface area contributed by atoms with Gasteiger partial charge in [-0.3, -0.25) is 10.1 Å². The average Bonchev–Trinajstić information content (AvgIpc) is 2.45. The molecule has 1 aromatic rings. The van der Waals surface area contributed by atoms with Crippen LogP contribution in [0.2, 0.25) is 0 Å². The molecule has 0 amide bonds. The number of nitro benzene ring substituents is 1. The first kappa shape index (κ1) is 15.6. The van der Waals surface area contributed by atoms with Gasteiger partial charge in [0.2, 0.25) is 0 Å². The van der Waals surface area contributed by atoms with Gasteiger partial charge in [-0.25, -0.2) is 0 Å². The van der Waals surface area contributed by atoms with Crippen molar-refractivity contribution in [2.24, 2.45) is 0 Å². The van der Waals surface area contributed by atoms with Crippen molar-refractivity contribution in [1.82, 2.24) is 0 Å². The first-order valence-electron chi connectivity index (χ1n) is 6.59. The Bertz CT molecular complexity index is 514. The highest BCUT2D eigenvalue weighted by molar-refractivity contribution is 5.63. The van der Waals surface area contributed by atoms with Crippen LogP contribution in [0, 0.1) is 10.1 Å². The second kappa shape index (κ2) is 6.30. The summed E-state index contributed by atoms with van der Waals surface area (Å²) in [5.41, 5.74) is -1.54. The molecular formula is C13H15F3N2O3. The zero-order valence-electron chi connectivity index (χ0n) is 11.2. The van der Waals surface area contributed by atoms with Crippen molar-refractivity contribution in [3.05, 3.63) is 33.9 Å². The molecule has 0 aromatic heterocycles. The molecule has 1 unspecified atom stereocenters. The summed E-state index contributed by atoms with van der Waals surface area (Å²) in [5, 5.41) is 13.7. The molecule has 1 aromatic carbocycles. The summed E-state index contributed by atoms with van der Waals surface area (Å²) >= 11 is 0. The van der Waals surface area contributed by atoms with Crippen LogP contribution in [-0.4, -0.2) is 24.2 Å². The van der Waals surface area contributed by atoms with Crippen molar-refractivity contribution in [2.45, 2.75) is 31.5 Å². The Kier molecular flexibility index (Phi) is 4.66.